The van der Waals surface area contributed by atoms with Crippen LogP contribution in [0.25, 0.3) is 0 Å². The summed E-state index contributed by atoms with van der Waals surface area (Å²) in [6.07, 6.45) is 0. The highest BCUT2D eigenvalue weighted by molar-refractivity contribution is 9.11. The standard InChI is InChI=1S/C15H12Br4O2.2C6H6O/c1-15(2,7-3-9(16)13(20)10(17)4-7)8-5-11(18)14(21)12(19)6-8;2*7-6-4-2-1-3-5-6/h3-6,20-21H,1-2H3;2*1-5,7H. The van der Waals surface area contributed by atoms with Crippen molar-refractivity contribution in [2.75, 3.05) is 0 Å². The number of hydrogen-bond donors (Lipinski definition) is 4. The third-order valence-corrected chi connectivity index (χ3v) is 7.41. The number of halogens is 4. The summed E-state index contributed by atoms with van der Waals surface area (Å²) in [7, 11) is 0. The van der Waals surface area contributed by atoms with E-state index in [1.54, 1.807) is 48.5 Å². The zero-order valence-corrected chi connectivity index (χ0v) is 25.2. The van der Waals surface area contributed by atoms with Crippen LogP contribution >= 0.6 is 63.7 Å². The van der Waals surface area contributed by atoms with E-state index in [1.165, 1.54) is 0 Å². The monoisotopic (exact) mass is 728 g/mol. The minimum atomic E-state index is -0.308. The van der Waals surface area contributed by atoms with E-state index in [0.717, 1.165) is 11.1 Å². The molecule has 4 aromatic carbocycles. The zero-order chi connectivity index (χ0) is 26.2. The first-order valence-corrected chi connectivity index (χ1v) is 13.5. The summed E-state index contributed by atoms with van der Waals surface area (Å²) in [5, 5.41) is 37.0. The van der Waals surface area contributed by atoms with Gasteiger partial charge in [0, 0.05) is 5.41 Å². The molecule has 0 atom stereocenters. The zero-order valence-electron chi connectivity index (χ0n) is 18.9. The number of phenols is 4. The van der Waals surface area contributed by atoms with Crippen molar-refractivity contribution in [3.8, 4) is 23.0 Å². The first-order valence-electron chi connectivity index (χ1n) is 10.3. The van der Waals surface area contributed by atoms with E-state index in [-0.39, 0.29) is 16.9 Å². The van der Waals surface area contributed by atoms with E-state index in [2.05, 4.69) is 77.6 Å². The molecular weight excluding hydrogens is 708 g/mol. The molecule has 0 amide bonds. The van der Waals surface area contributed by atoms with Gasteiger partial charge in [0.2, 0.25) is 0 Å². The second-order valence-electron chi connectivity index (χ2n) is 7.87. The molecule has 0 heterocycles. The smallest absolute Gasteiger partial charge is 0.143 e. The van der Waals surface area contributed by atoms with Gasteiger partial charge >= 0.3 is 0 Å². The Balaban J connectivity index is 0.000000249. The van der Waals surface area contributed by atoms with Gasteiger partial charge in [-0.05, 0) is 123 Å². The lowest BCUT2D eigenvalue weighted by molar-refractivity contribution is 0.466. The average molecular weight is 732 g/mol. The SMILES string of the molecule is CC(C)(c1cc(Br)c(O)c(Br)c1)c1cc(Br)c(O)c(Br)c1.Oc1ccccc1.Oc1ccccc1. The van der Waals surface area contributed by atoms with E-state index in [0.29, 0.717) is 29.4 Å². The maximum Gasteiger partial charge on any atom is 0.143 e. The Morgan fingerprint density at radius 2 is 0.743 bits per heavy atom. The Bertz CT molecular complexity index is 1100. The molecule has 4 N–H and O–H groups in total. The number of para-hydroxylation sites is 2. The normalized spacial score (nSPS) is 10.5. The molecule has 0 aromatic heterocycles. The maximum atomic E-state index is 9.85. The molecule has 184 valence electrons. The summed E-state index contributed by atoms with van der Waals surface area (Å²) in [6.45, 7) is 4.17. The molecular formula is C27H24Br4O4. The van der Waals surface area contributed by atoms with Gasteiger partial charge in [0.1, 0.15) is 23.0 Å². The summed E-state index contributed by atoms with van der Waals surface area (Å²) < 4.78 is 2.54. The molecule has 0 aliphatic rings. The van der Waals surface area contributed by atoms with Crippen molar-refractivity contribution in [1.29, 1.82) is 0 Å². The van der Waals surface area contributed by atoms with Crippen LogP contribution in [0.1, 0.15) is 25.0 Å². The van der Waals surface area contributed by atoms with Crippen molar-refractivity contribution >= 4 is 63.7 Å². The van der Waals surface area contributed by atoms with E-state index in [4.69, 9.17) is 10.2 Å². The average Bonchev–Trinajstić information content (AvgIpc) is 2.82. The lowest BCUT2D eigenvalue weighted by Crippen LogP contribution is -2.19. The summed E-state index contributed by atoms with van der Waals surface area (Å²) in [4.78, 5) is 0. The fourth-order valence-electron chi connectivity index (χ4n) is 2.88. The Morgan fingerprint density at radius 1 is 0.486 bits per heavy atom. The molecule has 0 saturated heterocycles. The van der Waals surface area contributed by atoms with Gasteiger partial charge in [-0.3, -0.25) is 0 Å². The van der Waals surface area contributed by atoms with Crippen LogP contribution < -0.4 is 0 Å². The molecule has 35 heavy (non-hydrogen) atoms. The largest absolute Gasteiger partial charge is 0.508 e. The highest BCUT2D eigenvalue weighted by Crippen LogP contribution is 2.43. The van der Waals surface area contributed by atoms with E-state index >= 15 is 0 Å². The van der Waals surface area contributed by atoms with Crippen LogP contribution in [0, 0.1) is 0 Å². The fraction of sp³-hybridized carbons (Fsp3) is 0.111. The van der Waals surface area contributed by atoms with Gasteiger partial charge < -0.3 is 20.4 Å². The molecule has 0 unspecified atom stereocenters. The molecule has 0 fully saturated rings. The van der Waals surface area contributed by atoms with Crippen LogP contribution in [0.2, 0.25) is 0 Å². The first kappa shape index (κ1) is 29.2. The minimum Gasteiger partial charge on any atom is -0.508 e. The van der Waals surface area contributed by atoms with Gasteiger partial charge in [-0.1, -0.05) is 50.2 Å². The molecule has 4 rings (SSSR count). The number of rotatable bonds is 2. The van der Waals surface area contributed by atoms with E-state index in [9.17, 15) is 10.2 Å². The quantitative estimate of drug-likeness (QED) is 0.166. The van der Waals surface area contributed by atoms with Crippen molar-refractivity contribution in [3.05, 3.63) is 114 Å². The number of benzene rings is 4. The highest BCUT2D eigenvalue weighted by atomic mass is 79.9. The van der Waals surface area contributed by atoms with Crippen LogP contribution in [0.3, 0.4) is 0 Å². The van der Waals surface area contributed by atoms with Gasteiger partial charge in [0.25, 0.3) is 0 Å². The number of hydrogen-bond acceptors (Lipinski definition) is 4. The second-order valence-corrected chi connectivity index (χ2v) is 11.3. The number of aromatic hydroxyl groups is 4. The van der Waals surface area contributed by atoms with Crippen molar-refractivity contribution in [1.82, 2.24) is 0 Å². The van der Waals surface area contributed by atoms with Crippen LogP contribution in [0.4, 0.5) is 0 Å². The Morgan fingerprint density at radius 3 is 0.943 bits per heavy atom. The Hall–Kier alpha value is -2.00. The summed E-state index contributed by atoms with van der Waals surface area (Å²) in [6, 6.07) is 25.0. The minimum absolute atomic E-state index is 0.183. The lowest BCUT2D eigenvalue weighted by atomic mass is 9.78. The molecule has 0 radical (unpaired) electrons. The van der Waals surface area contributed by atoms with E-state index < -0.39 is 0 Å². The molecule has 4 nitrogen and oxygen atoms in total. The lowest BCUT2D eigenvalue weighted by Gasteiger charge is -2.27. The van der Waals surface area contributed by atoms with Crippen LogP contribution in [-0.2, 0) is 5.41 Å². The van der Waals surface area contributed by atoms with E-state index in [1.807, 2.05) is 36.4 Å². The molecule has 8 heteroatoms. The predicted octanol–water partition coefficient (Wildman–Crippen LogP) is 9.26. The molecule has 4 aromatic rings. The number of phenolic OH excluding ortho intramolecular Hbond substituents is 4. The fourth-order valence-corrected chi connectivity index (χ4v) is 5.25. The highest BCUT2D eigenvalue weighted by Gasteiger charge is 2.26. The van der Waals surface area contributed by atoms with Gasteiger partial charge in [-0.25, -0.2) is 0 Å². The van der Waals surface area contributed by atoms with Crippen LogP contribution in [0.15, 0.2) is 103 Å². The summed E-state index contributed by atoms with van der Waals surface area (Å²) >= 11 is 13.5. The van der Waals surface area contributed by atoms with Gasteiger partial charge in [-0.15, -0.1) is 0 Å². The van der Waals surface area contributed by atoms with Crippen molar-refractivity contribution in [2.45, 2.75) is 19.3 Å². The molecule has 0 bridgehead atoms. The van der Waals surface area contributed by atoms with Crippen molar-refractivity contribution in [2.24, 2.45) is 0 Å². The topological polar surface area (TPSA) is 80.9 Å². The molecule has 0 spiro atoms. The van der Waals surface area contributed by atoms with Gasteiger partial charge in [0.15, 0.2) is 0 Å². The first-order chi connectivity index (χ1) is 16.4. The maximum absolute atomic E-state index is 9.85. The molecule has 0 aliphatic carbocycles. The Kier molecular flexibility index (Phi) is 11.1. The summed E-state index contributed by atoms with van der Waals surface area (Å²) in [5.41, 5.74) is 1.75. The second kappa shape index (κ2) is 13.3. The Labute approximate surface area is 238 Å². The van der Waals surface area contributed by atoms with Crippen molar-refractivity contribution < 1.29 is 20.4 Å². The molecule has 0 aliphatic heterocycles. The third kappa shape index (κ3) is 8.56. The van der Waals surface area contributed by atoms with Gasteiger partial charge in [0.05, 0.1) is 17.9 Å². The van der Waals surface area contributed by atoms with Gasteiger partial charge in [-0.2, -0.15) is 0 Å². The van der Waals surface area contributed by atoms with Crippen LogP contribution in [0.5, 0.6) is 23.0 Å². The third-order valence-electron chi connectivity index (χ3n) is 4.99. The van der Waals surface area contributed by atoms with Crippen LogP contribution in [-0.4, -0.2) is 20.4 Å². The predicted molar refractivity (Wildman–Crippen MR) is 155 cm³/mol. The molecule has 0 saturated carbocycles. The summed E-state index contributed by atoms with van der Waals surface area (Å²) in [5.74, 6) is 1.01. The van der Waals surface area contributed by atoms with Crippen molar-refractivity contribution in [3.63, 3.8) is 0 Å².